The van der Waals surface area contributed by atoms with Gasteiger partial charge in [0.25, 0.3) is 0 Å². The summed E-state index contributed by atoms with van der Waals surface area (Å²) in [4.78, 5) is 0.535. The minimum atomic E-state index is 0.535. The Bertz CT molecular complexity index is 76.5. The van der Waals surface area contributed by atoms with E-state index in [1.54, 1.807) is 0 Å². The zero-order valence-electron chi connectivity index (χ0n) is 5.58. The largest absolute Gasteiger partial charge is 0.0987 e. The third kappa shape index (κ3) is 2.51. The van der Waals surface area contributed by atoms with Crippen molar-refractivity contribution < 1.29 is 0 Å². The monoisotopic (exact) mass is 176 g/mol. The van der Waals surface area contributed by atoms with Gasteiger partial charge in [-0.3, -0.25) is 0 Å². The van der Waals surface area contributed by atoms with Crippen LogP contribution < -0.4 is 0 Å². The highest BCUT2D eigenvalue weighted by Crippen LogP contribution is 2.15. The molecule has 0 saturated carbocycles. The van der Waals surface area contributed by atoms with Crippen LogP contribution in [-0.2, 0) is 0 Å². The molecule has 0 aliphatic carbocycles. The molecule has 0 fully saturated rings. The van der Waals surface area contributed by atoms with Crippen molar-refractivity contribution in [2.75, 3.05) is 0 Å². The molecule has 0 aliphatic heterocycles. The van der Waals surface area contributed by atoms with E-state index in [0.717, 1.165) is 12.8 Å². The lowest BCUT2D eigenvalue weighted by atomic mass is 10.1. The van der Waals surface area contributed by atoms with Crippen LogP contribution in [0, 0.1) is 0 Å². The Kier molecular flexibility index (Phi) is 4.25. The Balaban J connectivity index is 3.46. The second kappa shape index (κ2) is 4.13. The van der Waals surface area contributed by atoms with Crippen molar-refractivity contribution in [3.8, 4) is 0 Å². The lowest BCUT2D eigenvalue weighted by Gasteiger charge is -2.06. The first-order valence-electron chi connectivity index (χ1n) is 3.04. The van der Waals surface area contributed by atoms with E-state index >= 15 is 0 Å². The maximum Gasteiger partial charge on any atom is 0.0349 e. The van der Waals surface area contributed by atoms with Crippen molar-refractivity contribution in [3.05, 3.63) is 12.2 Å². The van der Waals surface area contributed by atoms with E-state index in [2.05, 4.69) is 36.4 Å². The van der Waals surface area contributed by atoms with Gasteiger partial charge in [-0.2, -0.15) is 0 Å². The van der Waals surface area contributed by atoms with Gasteiger partial charge >= 0.3 is 0 Å². The van der Waals surface area contributed by atoms with Crippen LogP contribution >= 0.6 is 15.9 Å². The maximum absolute atomic E-state index is 3.90. The molecule has 1 heteroatoms. The fraction of sp³-hybridized carbons (Fsp3) is 0.714. The standard InChI is InChI=1S/C7H13Br/c1-4-6(3)7(8)5-2/h7H,3-5H2,1-2H3. The average Bonchev–Trinajstić information content (AvgIpc) is 1.84. The molecule has 0 aliphatic rings. The summed E-state index contributed by atoms with van der Waals surface area (Å²) in [6, 6.07) is 0. The smallest absolute Gasteiger partial charge is 0.0349 e. The summed E-state index contributed by atoms with van der Waals surface area (Å²) in [5.74, 6) is 0. The van der Waals surface area contributed by atoms with Gasteiger partial charge in [0.15, 0.2) is 0 Å². The number of hydrogen-bond donors (Lipinski definition) is 0. The Morgan fingerprint density at radius 2 is 2.12 bits per heavy atom. The fourth-order valence-corrected chi connectivity index (χ4v) is 0.834. The van der Waals surface area contributed by atoms with Crippen LogP contribution in [0.25, 0.3) is 0 Å². The molecule has 8 heavy (non-hydrogen) atoms. The second-order valence-electron chi connectivity index (χ2n) is 1.89. The molecular formula is C7H13Br. The molecule has 0 aromatic carbocycles. The second-order valence-corrected chi connectivity index (χ2v) is 2.99. The number of hydrogen-bond acceptors (Lipinski definition) is 0. The van der Waals surface area contributed by atoms with Gasteiger partial charge < -0.3 is 0 Å². The lowest BCUT2D eigenvalue weighted by molar-refractivity contribution is 0.893. The Hall–Kier alpha value is 0.220. The summed E-state index contributed by atoms with van der Waals surface area (Å²) in [6.07, 6.45) is 2.23. The molecule has 0 rings (SSSR count). The lowest BCUT2D eigenvalue weighted by Crippen LogP contribution is -1.96. The highest BCUT2D eigenvalue weighted by atomic mass is 79.9. The molecule has 0 aromatic heterocycles. The first kappa shape index (κ1) is 8.22. The molecule has 0 N–H and O–H groups in total. The Morgan fingerprint density at radius 1 is 1.62 bits per heavy atom. The average molecular weight is 177 g/mol. The van der Waals surface area contributed by atoms with E-state index in [1.165, 1.54) is 5.57 Å². The molecule has 0 aromatic rings. The van der Waals surface area contributed by atoms with Crippen LogP contribution in [-0.4, -0.2) is 4.83 Å². The predicted octanol–water partition coefficient (Wildman–Crippen LogP) is 3.13. The molecule has 0 nitrogen and oxygen atoms in total. The van der Waals surface area contributed by atoms with E-state index in [9.17, 15) is 0 Å². The number of alkyl halides is 1. The highest BCUT2D eigenvalue weighted by molar-refractivity contribution is 9.09. The first-order chi connectivity index (χ1) is 3.72. The van der Waals surface area contributed by atoms with Crippen LogP contribution in [0.3, 0.4) is 0 Å². The molecule has 0 radical (unpaired) electrons. The quantitative estimate of drug-likeness (QED) is 0.459. The molecule has 0 amide bonds. The van der Waals surface area contributed by atoms with Gasteiger partial charge in [-0.15, -0.1) is 0 Å². The van der Waals surface area contributed by atoms with Crippen molar-refractivity contribution in [1.29, 1.82) is 0 Å². The summed E-state index contributed by atoms with van der Waals surface area (Å²) < 4.78 is 0. The summed E-state index contributed by atoms with van der Waals surface area (Å²) in [5.41, 5.74) is 1.30. The van der Waals surface area contributed by atoms with Gasteiger partial charge in [-0.1, -0.05) is 41.9 Å². The summed E-state index contributed by atoms with van der Waals surface area (Å²) in [5, 5.41) is 0. The Labute approximate surface area is 60.1 Å². The summed E-state index contributed by atoms with van der Waals surface area (Å²) >= 11 is 3.50. The molecule has 0 saturated heterocycles. The fourth-order valence-electron chi connectivity index (χ4n) is 0.510. The Morgan fingerprint density at radius 3 is 2.25 bits per heavy atom. The SMILES string of the molecule is C=C(CC)C(Br)CC. The van der Waals surface area contributed by atoms with E-state index in [1.807, 2.05) is 0 Å². The van der Waals surface area contributed by atoms with E-state index in [-0.39, 0.29) is 0 Å². The van der Waals surface area contributed by atoms with Crippen molar-refractivity contribution >= 4 is 15.9 Å². The number of halogens is 1. The molecular weight excluding hydrogens is 164 g/mol. The zero-order valence-corrected chi connectivity index (χ0v) is 7.16. The van der Waals surface area contributed by atoms with Crippen molar-refractivity contribution in [1.82, 2.24) is 0 Å². The molecule has 0 spiro atoms. The normalized spacial score (nSPS) is 13.4. The van der Waals surface area contributed by atoms with Gasteiger partial charge in [-0.25, -0.2) is 0 Å². The van der Waals surface area contributed by atoms with Crippen molar-refractivity contribution in [2.24, 2.45) is 0 Å². The predicted molar refractivity (Wildman–Crippen MR) is 42.4 cm³/mol. The van der Waals surface area contributed by atoms with E-state index in [4.69, 9.17) is 0 Å². The van der Waals surface area contributed by atoms with Crippen LogP contribution in [0.5, 0.6) is 0 Å². The zero-order chi connectivity index (χ0) is 6.57. The van der Waals surface area contributed by atoms with Crippen LogP contribution in [0.1, 0.15) is 26.7 Å². The molecule has 1 atom stereocenters. The van der Waals surface area contributed by atoms with Crippen molar-refractivity contribution in [2.45, 2.75) is 31.5 Å². The highest BCUT2D eigenvalue weighted by Gasteiger charge is 2.01. The van der Waals surface area contributed by atoms with Gasteiger partial charge in [0.1, 0.15) is 0 Å². The number of allylic oxidation sites excluding steroid dienone is 1. The third-order valence-corrected chi connectivity index (χ3v) is 2.55. The molecule has 0 heterocycles. The minimum absolute atomic E-state index is 0.535. The molecule has 1 unspecified atom stereocenters. The van der Waals surface area contributed by atoms with Crippen LogP contribution in [0.2, 0.25) is 0 Å². The van der Waals surface area contributed by atoms with E-state index in [0.29, 0.717) is 4.83 Å². The minimum Gasteiger partial charge on any atom is -0.0987 e. The number of rotatable bonds is 3. The van der Waals surface area contributed by atoms with E-state index < -0.39 is 0 Å². The first-order valence-corrected chi connectivity index (χ1v) is 3.95. The van der Waals surface area contributed by atoms with Gasteiger partial charge in [-0.05, 0) is 12.8 Å². The van der Waals surface area contributed by atoms with Gasteiger partial charge in [0, 0.05) is 4.83 Å². The van der Waals surface area contributed by atoms with Gasteiger partial charge in [0.05, 0.1) is 0 Å². The van der Waals surface area contributed by atoms with Crippen LogP contribution in [0.15, 0.2) is 12.2 Å². The summed E-state index contributed by atoms with van der Waals surface area (Å²) in [7, 11) is 0. The molecule has 48 valence electrons. The molecule has 0 bridgehead atoms. The summed E-state index contributed by atoms with van der Waals surface area (Å²) in [6.45, 7) is 8.18. The topological polar surface area (TPSA) is 0 Å². The maximum atomic E-state index is 3.90. The van der Waals surface area contributed by atoms with Gasteiger partial charge in [0.2, 0.25) is 0 Å². The van der Waals surface area contributed by atoms with Crippen molar-refractivity contribution in [3.63, 3.8) is 0 Å². The van der Waals surface area contributed by atoms with Crippen LogP contribution in [0.4, 0.5) is 0 Å². The third-order valence-electron chi connectivity index (χ3n) is 1.26.